The summed E-state index contributed by atoms with van der Waals surface area (Å²) < 4.78 is 49.3. The maximum Gasteiger partial charge on any atom is 0.416 e. The van der Waals surface area contributed by atoms with Crippen LogP contribution in [0.5, 0.6) is 11.5 Å². The molecular formula is C24H24F3NO2. The topological polar surface area (TPSA) is 30.5 Å². The number of rotatable bonds is 7. The van der Waals surface area contributed by atoms with Crippen molar-refractivity contribution in [2.24, 2.45) is 0 Å². The summed E-state index contributed by atoms with van der Waals surface area (Å²) in [6.45, 7) is 2.66. The van der Waals surface area contributed by atoms with Gasteiger partial charge in [-0.05, 0) is 60.0 Å². The molecule has 0 aliphatic rings. The predicted molar refractivity (Wildman–Crippen MR) is 112 cm³/mol. The SMILES string of the molecule is COc1cccc([C@@H](C)NCc2ccc(OC)c(-c3ccc(C(F)(F)F)cc3)c2)c1. The van der Waals surface area contributed by atoms with Gasteiger partial charge in [0.05, 0.1) is 19.8 Å². The van der Waals surface area contributed by atoms with Gasteiger partial charge in [0, 0.05) is 18.2 Å². The van der Waals surface area contributed by atoms with Gasteiger partial charge in [-0.3, -0.25) is 0 Å². The third-order valence-corrected chi connectivity index (χ3v) is 4.99. The Kier molecular flexibility index (Phi) is 6.67. The van der Waals surface area contributed by atoms with Crippen LogP contribution in [0.25, 0.3) is 11.1 Å². The van der Waals surface area contributed by atoms with Crippen molar-refractivity contribution in [3.8, 4) is 22.6 Å². The molecule has 0 spiro atoms. The molecule has 0 heterocycles. The number of hydrogen-bond acceptors (Lipinski definition) is 3. The molecule has 1 atom stereocenters. The van der Waals surface area contributed by atoms with Crippen molar-refractivity contribution in [3.05, 3.63) is 83.4 Å². The van der Waals surface area contributed by atoms with Crippen LogP contribution in [0, 0.1) is 0 Å². The molecule has 158 valence electrons. The third kappa shape index (κ3) is 5.13. The van der Waals surface area contributed by atoms with Crippen molar-refractivity contribution in [2.75, 3.05) is 14.2 Å². The van der Waals surface area contributed by atoms with E-state index in [2.05, 4.69) is 12.2 Å². The molecule has 0 aliphatic carbocycles. The molecule has 0 unspecified atom stereocenters. The summed E-state index contributed by atoms with van der Waals surface area (Å²) >= 11 is 0. The highest BCUT2D eigenvalue weighted by Crippen LogP contribution is 2.34. The van der Waals surface area contributed by atoms with E-state index in [-0.39, 0.29) is 6.04 Å². The Morgan fingerprint density at radius 3 is 2.27 bits per heavy atom. The van der Waals surface area contributed by atoms with Crippen LogP contribution in [-0.2, 0) is 12.7 Å². The van der Waals surface area contributed by atoms with Gasteiger partial charge in [-0.15, -0.1) is 0 Å². The number of ether oxygens (including phenoxy) is 2. The van der Waals surface area contributed by atoms with E-state index in [1.807, 2.05) is 42.5 Å². The van der Waals surface area contributed by atoms with Crippen LogP contribution < -0.4 is 14.8 Å². The quantitative estimate of drug-likeness (QED) is 0.495. The summed E-state index contributed by atoms with van der Waals surface area (Å²) in [5.41, 5.74) is 2.85. The number of halogens is 3. The van der Waals surface area contributed by atoms with Crippen LogP contribution >= 0.6 is 0 Å². The maximum absolute atomic E-state index is 12.9. The Morgan fingerprint density at radius 2 is 1.63 bits per heavy atom. The van der Waals surface area contributed by atoms with Crippen LogP contribution in [0.3, 0.4) is 0 Å². The number of nitrogens with one attached hydrogen (secondary N) is 1. The largest absolute Gasteiger partial charge is 0.497 e. The van der Waals surface area contributed by atoms with Crippen molar-refractivity contribution in [3.63, 3.8) is 0 Å². The molecule has 3 aromatic carbocycles. The highest BCUT2D eigenvalue weighted by Gasteiger charge is 2.30. The van der Waals surface area contributed by atoms with Crippen LogP contribution in [0.1, 0.15) is 29.7 Å². The lowest BCUT2D eigenvalue weighted by Crippen LogP contribution is -2.18. The third-order valence-electron chi connectivity index (χ3n) is 4.99. The second-order valence-electron chi connectivity index (χ2n) is 6.99. The molecule has 30 heavy (non-hydrogen) atoms. The normalized spacial score (nSPS) is 12.5. The lowest BCUT2D eigenvalue weighted by atomic mass is 10.00. The molecule has 0 aliphatic heterocycles. The summed E-state index contributed by atoms with van der Waals surface area (Å²) in [5.74, 6) is 1.41. The average molecular weight is 415 g/mol. The molecule has 0 bridgehead atoms. The van der Waals surface area contributed by atoms with Gasteiger partial charge >= 0.3 is 6.18 Å². The minimum atomic E-state index is -4.36. The fraction of sp³-hybridized carbons (Fsp3) is 0.250. The Morgan fingerprint density at radius 1 is 0.900 bits per heavy atom. The Labute approximate surface area is 174 Å². The van der Waals surface area contributed by atoms with Crippen molar-refractivity contribution >= 4 is 0 Å². The highest BCUT2D eigenvalue weighted by atomic mass is 19.4. The number of benzene rings is 3. The van der Waals surface area contributed by atoms with Gasteiger partial charge in [-0.1, -0.05) is 30.3 Å². The lowest BCUT2D eigenvalue weighted by Gasteiger charge is -2.17. The summed E-state index contributed by atoms with van der Waals surface area (Å²) in [6, 6.07) is 18.8. The van der Waals surface area contributed by atoms with Crippen LogP contribution in [0.15, 0.2) is 66.7 Å². The zero-order chi connectivity index (χ0) is 21.7. The lowest BCUT2D eigenvalue weighted by molar-refractivity contribution is -0.137. The Balaban J connectivity index is 1.79. The molecule has 3 aromatic rings. The fourth-order valence-corrected chi connectivity index (χ4v) is 3.23. The van der Waals surface area contributed by atoms with Gasteiger partial charge in [0.1, 0.15) is 11.5 Å². The smallest absolute Gasteiger partial charge is 0.416 e. The van der Waals surface area contributed by atoms with Crippen molar-refractivity contribution in [1.82, 2.24) is 5.32 Å². The first-order valence-corrected chi connectivity index (χ1v) is 9.53. The fourth-order valence-electron chi connectivity index (χ4n) is 3.23. The minimum Gasteiger partial charge on any atom is -0.497 e. The maximum atomic E-state index is 12.9. The predicted octanol–water partition coefficient (Wildman–Crippen LogP) is 6.24. The molecule has 0 saturated carbocycles. The summed E-state index contributed by atoms with van der Waals surface area (Å²) in [5, 5.41) is 3.47. The number of methoxy groups -OCH3 is 2. The molecule has 3 nitrogen and oxygen atoms in total. The second-order valence-corrected chi connectivity index (χ2v) is 6.99. The van der Waals surface area contributed by atoms with E-state index < -0.39 is 11.7 Å². The van der Waals surface area contributed by atoms with Gasteiger partial charge < -0.3 is 14.8 Å². The average Bonchev–Trinajstić information content (AvgIpc) is 2.76. The van der Waals surface area contributed by atoms with Crippen LogP contribution in [-0.4, -0.2) is 14.2 Å². The molecule has 3 rings (SSSR count). The highest BCUT2D eigenvalue weighted by molar-refractivity contribution is 5.71. The van der Waals surface area contributed by atoms with E-state index in [1.165, 1.54) is 12.1 Å². The number of alkyl halides is 3. The summed E-state index contributed by atoms with van der Waals surface area (Å²) in [4.78, 5) is 0. The number of hydrogen-bond donors (Lipinski definition) is 1. The van der Waals surface area contributed by atoms with E-state index in [4.69, 9.17) is 9.47 Å². The zero-order valence-corrected chi connectivity index (χ0v) is 17.1. The van der Waals surface area contributed by atoms with Crippen LogP contribution in [0.4, 0.5) is 13.2 Å². The van der Waals surface area contributed by atoms with Crippen LogP contribution in [0.2, 0.25) is 0 Å². The van der Waals surface area contributed by atoms with Gasteiger partial charge in [-0.2, -0.15) is 13.2 Å². The van der Waals surface area contributed by atoms with Gasteiger partial charge in [-0.25, -0.2) is 0 Å². The molecule has 1 N–H and O–H groups in total. The summed E-state index contributed by atoms with van der Waals surface area (Å²) in [7, 11) is 3.18. The molecule has 0 radical (unpaired) electrons. The van der Waals surface area contributed by atoms with E-state index >= 15 is 0 Å². The molecule has 6 heteroatoms. The molecular weight excluding hydrogens is 391 g/mol. The molecule has 0 saturated heterocycles. The van der Waals surface area contributed by atoms with Crippen molar-refractivity contribution in [2.45, 2.75) is 25.7 Å². The second kappa shape index (κ2) is 9.22. The van der Waals surface area contributed by atoms with Gasteiger partial charge in [0.15, 0.2) is 0 Å². The first-order valence-electron chi connectivity index (χ1n) is 9.53. The molecule has 0 aromatic heterocycles. The first-order chi connectivity index (χ1) is 14.3. The van der Waals surface area contributed by atoms with Crippen molar-refractivity contribution < 1.29 is 22.6 Å². The van der Waals surface area contributed by atoms with E-state index in [9.17, 15) is 13.2 Å². The monoisotopic (exact) mass is 415 g/mol. The standard InChI is InChI=1S/C24H24F3NO2/c1-16(19-5-4-6-21(14-19)29-2)28-15-17-7-12-23(30-3)22(13-17)18-8-10-20(11-9-18)24(25,26)27/h4-14,16,28H,15H2,1-3H3/t16-/m1/s1. The van der Waals surface area contributed by atoms with E-state index in [1.54, 1.807) is 14.2 Å². The summed E-state index contributed by atoms with van der Waals surface area (Å²) in [6.07, 6.45) is -4.36. The van der Waals surface area contributed by atoms with E-state index in [0.29, 0.717) is 17.9 Å². The van der Waals surface area contributed by atoms with Gasteiger partial charge in [0.2, 0.25) is 0 Å². The van der Waals surface area contributed by atoms with Crippen molar-refractivity contribution in [1.29, 1.82) is 0 Å². The Bertz CT molecular complexity index is 984. The molecule has 0 amide bonds. The van der Waals surface area contributed by atoms with Gasteiger partial charge in [0.25, 0.3) is 0 Å². The first kappa shape index (κ1) is 21.7. The van der Waals surface area contributed by atoms with E-state index in [0.717, 1.165) is 34.6 Å². The minimum absolute atomic E-state index is 0.0942. The zero-order valence-electron chi connectivity index (χ0n) is 17.1. The Hall–Kier alpha value is -2.99. The molecule has 0 fully saturated rings.